The fraction of sp³-hybridized carbons (Fsp3) is 0.526. The minimum Gasteiger partial charge on any atom is -0.466 e. The quantitative estimate of drug-likeness (QED) is 0.642. The molecule has 30 heavy (non-hydrogen) atoms. The van der Waals surface area contributed by atoms with Gasteiger partial charge in [-0.15, -0.1) is 4.37 Å². The summed E-state index contributed by atoms with van der Waals surface area (Å²) in [4.78, 5) is 33.1. The number of hydrogen-bond donors (Lipinski definition) is 2. The van der Waals surface area contributed by atoms with E-state index >= 15 is 0 Å². The van der Waals surface area contributed by atoms with Crippen molar-refractivity contribution in [2.75, 3.05) is 37.0 Å². The number of likely N-dealkylation sites (tertiary alicyclic amines) is 1. The molecule has 3 aromatic rings. The summed E-state index contributed by atoms with van der Waals surface area (Å²) in [5.74, 6) is 2.00. The second kappa shape index (κ2) is 7.71. The number of ether oxygens (including phenoxy) is 1. The Morgan fingerprint density at radius 3 is 2.87 bits per heavy atom. The average molecular weight is 429 g/mol. The first-order valence-corrected chi connectivity index (χ1v) is 10.9. The second-order valence-electron chi connectivity index (χ2n) is 7.79. The van der Waals surface area contributed by atoms with Crippen LogP contribution in [0, 0.1) is 11.8 Å². The van der Waals surface area contributed by atoms with Crippen LogP contribution in [0.2, 0.25) is 0 Å². The molecule has 0 spiro atoms. The molecule has 5 rings (SSSR count). The van der Waals surface area contributed by atoms with E-state index in [-0.39, 0.29) is 12.0 Å². The highest BCUT2D eigenvalue weighted by atomic mass is 32.1. The number of rotatable bonds is 5. The van der Waals surface area contributed by atoms with E-state index in [1.165, 1.54) is 7.11 Å². The summed E-state index contributed by atoms with van der Waals surface area (Å²) in [6, 6.07) is 2.63. The van der Waals surface area contributed by atoms with Crippen LogP contribution in [-0.4, -0.2) is 68.0 Å². The van der Waals surface area contributed by atoms with Crippen molar-refractivity contribution in [1.29, 1.82) is 0 Å². The molecule has 10 nitrogen and oxygen atoms in total. The maximum Gasteiger partial charge on any atom is 0.329 e. The van der Waals surface area contributed by atoms with Crippen molar-refractivity contribution in [1.82, 2.24) is 29.2 Å². The number of methoxy groups -OCH3 is 1. The number of anilines is 2. The van der Waals surface area contributed by atoms with E-state index in [1.807, 2.05) is 17.2 Å². The second-order valence-corrected chi connectivity index (χ2v) is 8.54. The molecule has 1 aliphatic carbocycles. The molecule has 3 aromatic heterocycles. The highest BCUT2D eigenvalue weighted by Gasteiger charge is 2.44. The van der Waals surface area contributed by atoms with Crippen molar-refractivity contribution in [3.63, 3.8) is 0 Å². The van der Waals surface area contributed by atoms with Gasteiger partial charge in [0, 0.05) is 43.4 Å². The van der Waals surface area contributed by atoms with Crippen LogP contribution in [0.4, 0.5) is 15.7 Å². The molecular weight excluding hydrogens is 404 g/mol. The lowest BCUT2D eigenvalue weighted by atomic mass is 10.0. The van der Waals surface area contributed by atoms with Gasteiger partial charge in [0.25, 0.3) is 0 Å². The Morgan fingerprint density at radius 1 is 1.37 bits per heavy atom. The summed E-state index contributed by atoms with van der Waals surface area (Å²) in [6.07, 6.45) is 5.65. The molecule has 2 fully saturated rings. The number of urea groups is 1. The van der Waals surface area contributed by atoms with Crippen molar-refractivity contribution in [2.45, 2.75) is 25.8 Å². The van der Waals surface area contributed by atoms with Gasteiger partial charge in [-0.25, -0.2) is 14.8 Å². The highest BCUT2D eigenvalue weighted by molar-refractivity contribution is 7.10. The first-order valence-electron chi connectivity index (χ1n) is 10.1. The molecule has 1 saturated carbocycles. The number of nitrogens with one attached hydrogen (secondary N) is 2. The molecule has 4 heterocycles. The van der Waals surface area contributed by atoms with Crippen LogP contribution in [0.5, 0.6) is 6.01 Å². The molecule has 158 valence electrons. The molecule has 2 N–H and O–H groups in total. The third-order valence-electron chi connectivity index (χ3n) is 6.20. The lowest BCUT2D eigenvalue weighted by Gasteiger charge is -2.30. The fourth-order valence-electron chi connectivity index (χ4n) is 4.87. The molecule has 2 unspecified atom stereocenters. The maximum absolute atomic E-state index is 12.6. The summed E-state index contributed by atoms with van der Waals surface area (Å²) in [7, 11) is 1.51. The van der Waals surface area contributed by atoms with Crippen molar-refractivity contribution >= 4 is 39.5 Å². The van der Waals surface area contributed by atoms with Crippen LogP contribution in [0.3, 0.4) is 0 Å². The van der Waals surface area contributed by atoms with Gasteiger partial charge in [0.1, 0.15) is 17.8 Å². The molecular formula is C19H24N8O2S. The number of aromatic amines is 1. The average Bonchev–Trinajstić information content (AvgIpc) is 3.51. The van der Waals surface area contributed by atoms with Crippen LogP contribution in [-0.2, 0) is 0 Å². The topological polar surface area (TPSA) is 112 Å². The van der Waals surface area contributed by atoms with E-state index in [2.05, 4.69) is 41.4 Å². The Bertz CT molecular complexity index is 1040. The normalized spacial score (nSPS) is 23.0. The molecule has 0 radical (unpaired) electrons. The SMILES string of the molecule is CCN(c1ncnc2[nH]ccc12)C1CC2CN(C(=O)Nc3nc(OC)ns3)CC2C1. The monoisotopic (exact) mass is 428 g/mol. The molecule has 0 bridgehead atoms. The molecule has 1 aliphatic heterocycles. The van der Waals surface area contributed by atoms with E-state index in [9.17, 15) is 4.79 Å². The Morgan fingerprint density at radius 2 is 2.17 bits per heavy atom. The van der Waals surface area contributed by atoms with Crippen LogP contribution in [0.1, 0.15) is 19.8 Å². The summed E-state index contributed by atoms with van der Waals surface area (Å²) < 4.78 is 8.99. The van der Waals surface area contributed by atoms with Crippen LogP contribution >= 0.6 is 11.5 Å². The van der Waals surface area contributed by atoms with Gasteiger partial charge in [0.15, 0.2) is 0 Å². The minimum atomic E-state index is -0.114. The molecule has 2 atom stereocenters. The first kappa shape index (κ1) is 19.0. The van der Waals surface area contributed by atoms with E-state index in [0.29, 0.717) is 23.0 Å². The molecule has 0 aromatic carbocycles. The van der Waals surface area contributed by atoms with Gasteiger partial charge in [-0.05, 0) is 37.7 Å². The third-order valence-corrected chi connectivity index (χ3v) is 6.82. The van der Waals surface area contributed by atoms with E-state index < -0.39 is 0 Å². The number of carbonyl (C=O) groups is 1. The number of nitrogens with zero attached hydrogens (tertiary/aromatic N) is 6. The van der Waals surface area contributed by atoms with Crippen molar-refractivity contribution in [3.05, 3.63) is 18.6 Å². The van der Waals surface area contributed by atoms with Crippen LogP contribution < -0.4 is 15.0 Å². The summed E-state index contributed by atoms with van der Waals surface area (Å²) >= 11 is 1.12. The zero-order chi connectivity index (χ0) is 20.7. The smallest absolute Gasteiger partial charge is 0.329 e. The van der Waals surface area contributed by atoms with E-state index in [1.54, 1.807) is 6.33 Å². The van der Waals surface area contributed by atoms with Crippen molar-refractivity contribution in [3.8, 4) is 6.01 Å². The Balaban J connectivity index is 1.24. The largest absolute Gasteiger partial charge is 0.466 e. The predicted molar refractivity (Wildman–Crippen MR) is 114 cm³/mol. The standard InChI is InChI=1S/C19H24N8O2S/c1-3-27(16-14-4-5-20-15(14)21-10-22-16)13-6-11-8-26(9-12(11)7-13)19(28)24-18-23-17(29-2)25-30-18/h4-5,10-13H,3,6-9H2,1-2H3,(H,20,21,22)(H,23,24,25,28). The first-order chi connectivity index (χ1) is 14.7. The van der Waals surface area contributed by atoms with E-state index in [0.717, 1.165) is 60.9 Å². The number of H-pyrrole nitrogens is 1. The zero-order valence-electron chi connectivity index (χ0n) is 16.9. The van der Waals surface area contributed by atoms with Crippen molar-refractivity contribution in [2.24, 2.45) is 11.8 Å². The zero-order valence-corrected chi connectivity index (χ0v) is 17.7. The molecule has 2 aliphatic rings. The van der Waals surface area contributed by atoms with Crippen LogP contribution in [0.15, 0.2) is 18.6 Å². The number of aromatic nitrogens is 5. The summed E-state index contributed by atoms with van der Waals surface area (Å²) in [6.45, 7) is 4.60. The molecule has 2 amide bonds. The van der Waals surface area contributed by atoms with Gasteiger partial charge in [-0.1, -0.05) is 0 Å². The summed E-state index contributed by atoms with van der Waals surface area (Å²) in [5, 5.41) is 4.36. The number of fused-ring (bicyclic) bond motifs is 2. The highest BCUT2D eigenvalue weighted by Crippen LogP contribution is 2.42. The van der Waals surface area contributed by atoms with Gasteiger partial charge in [-0.3, -0.25) is 5.32 Å². The number of hydrogen-bond acceptors (Lipinski definition) is 8. The number of carbonyl (C=O) groups excluding carboxylic acids is 1. The Hall–Kier alpha value is -2.95. The van der Waals surface area contributed by atoms with Gasteiger partial charge in [-0.2, -0.15) is 4.98 Å². The van der Waals surface area contributed by atoms with Crippen molar-refractivity contribution < 1.29 is 9.53 Å². The Labute approximate surface area is 177 Å². The predicted octanol–water partition coefficient (Wildman–Crippen LogP) is 2.59. The van der Waals surface area contributed by atoms with Gasteiger partial charge in [0.2, 0.25) is 5.13 Å². The molecule has 1 saturated heterocycles. The summed E-state index contributed by atoms with van der Waals surface area (Å²) in [5.41, 5.74) is 0.868. The van der Waals surface area contributed by atoms with E-state index in [4.69, 9.17) is 4.74 Å². The van der Waals surface area contributed by atoms with Gasteiger partial charge in [0.05, 0.1) is 12.5 Å². The lowest BCUT2D eigenvalue weighted by molar-refractivity contribution is 0.218. The fourth-order valence-corrected chi connectivity index (χ4v) is 5.40. The lowest BCUT2D eigenvalue weighted by Crippen LogP contribution is -2.38. The number of amides is 2. The Kier molecular flexibility index (Phi) is 4.89. The van der Waals surface area contributed by atoms with Gasteiger partial charge < -0.3 is 19.5 Å². The third kappa shape index (κ3) is 3.32. The maximum atomic E-state index is 12.6. The van der Waals surface area contributed by atoms with Crippen LogP contribution in [0.25, 0.3) is 11.0 Å². The molecule has 11 heteroatoms. The van der Waals surface area contributed by atoms with Gasteiger partial charge >= 0.3 is 12.0 Å². The minimum absolute atomic E-state index is 0.114.